The van der Waals surface area contributed by atoms with E-state index in [1.54, 1.807) is 12.1 Å². The highest BCUT2D eigenvalue weighted by Crippen LogP contribution is 2.46. The highest BCUT2D eigenvalue weighted by Gasteiger charge is 2.35. The minimum atomic E-state index is -0.233. The van der Waals surface area contributed by atoms with E-state index >= 15 is 0 Å². The highest BCUT2D eigenvalue weighted by molar-refractivity contribution is 6.39. The van der Waals surface area contributed by atoms with Crippen LogP contribution in [0.25, 0.3) is 11.3 Å². The molecule has 2 saturated carbocycles. The average molecular weight is 354 g/mol. The maximum absolute atomic E-state index is 9.39. The molecule has 23 heavy (non-hydrogen) atoms. The number of aromatic nitrogens is 1. The van der Waals surface area contributed by atoms with Crippen LogP contribution in [0.4, 0.5) is 0 Å². The van der Waals surface area contributed by atoms with Gasteiger partial charge in [-0.15, -0.1) is 0 Å². The molecule has 0 spiro atoms. The molecule has 0 bridgehead atoms. The molecular weight excluding hydrogens is 337 g/mol. The quantitative estimate of drug-likeness (QED) is 0.855. The lowest BCUT2D eigenvalue weighted by Gasteiger charge is -2.31. The third-order valence-electron chi connectivity index (χ3n) is 4.50. The fourth-order valence-electron chi connectivity index (χ4n) is 2.92. The van der Waals surface area contributed by atoms with Crippen molar-refractivity contribution in [2.24, 2.45) is 0 Å². The smallest absolute Gasteiger partial charge is 0.145 e. The molecule has 0 radical (unpaired) electrons. The van der Waals surface area contributed by atoms with Gasteiger partial charge >= 0.3 is 0 Å². The van der Waals surface area contributed by atoms with E-state index in [1.165, 1.54) is 0 Å². The molecule has 0 aliphatic heterocycles. The zero-order chi connectivity index (χ0) is 16.0. The molecule has 0 amide bonds. The van der Waals surface area contributed by atoms with Gasteiger partial charge in [-0.1, -0.05) is 34.4 Å². The molecule has 4 rings (SSSR count). The third kappa shape index (κ3) is 3.01. The van der Waals surface area contributed by atoms with Crippen molar-refractivity contribution in [3.05, 3.63) is 39.6 Å². The number of rotatable bonds is 5. The van der Waals surface area contributed by atoms with Crippen molar-refractivity contribution in [2.75, 3.05) is 0 Å². The number of hydrogen-bond donors (Lipinski definition) is 1. The van der Waals surface area contributed by atoms with Gasteiger partial charge in [-0.05, 0) is 37.8 Å². The summed E-state index contributed by atoms with van der Waals surface area (Å²) in [5, 5.41) is 14.7. The third-order valence-corrected chi connectivity index (χ3v) is 5.13. The van der Waals surface area contributed by atoms with Gasteiger partial charge in [0.2, 0.25) is 0 Å². The minimum absolute atomic E-state index is 0.0986. The van der Waals surface area contributed by atoms with Crippen molar-refractivity contribution in [2.45, 2.75) is 50.4 Å². The van der Waals surface area contributed by atoms with Gasteiger partial charge in [-0.3, -0.25) is 0 Å². The van der Waals surface area contributed by atoms with Crippen LogP contribution in [0, 0.1) is 0 Å². The minimum Gasteiger partial charge on any atom is -0.393 e. The Kier molecular flexibility index (Phi) is 4.10. The van der Waals surface area contributed by atoms with Crippen LogP contribution < -0.4 is 0 Å². The van der Waals surface area contributed by atoms with Gasteiger partial charge in [0.1, 0.15) is 11.5 Å². The first-order valence-corrected chi connectivity index (χ1v) is 8.61. The van der Waals surface area contributed by atoms with Gasteiger partial charge in [0, 0.05) is 17.0 Å². The summed E-state index contributed by atoms with van der Waals surface area (Å²) in [4.78, 5) is 0. The first kappa shape index (κ1) is 15.5. The zero-order valence-corrected chi connectivity index (χ0v) is 14.0. The van der Waals surface area contributed by atoms with Crippen molar-refractivity contribution in [1.29, 1.82) is 0 Å². The monoisotopic (exact) mass is 353 g/mol. The van der Waals surface area contributed by atoms with Gasteiger partial charge in [-0.25, -0.2) is 0 Å². The van der Waals surface area contributed by atoms with E-state index in [-0.39, 0.29) is 12.2 Å². The summed E-state index contributed by atoms with van der Waals surface area (Å²) < 4.78 is 11.5. The molecule has 2 fully saturated rings. The van der Waals surface area contributed by atoms with Crippen LogP contribution in [0.5, 0.6) is 0 Å². The lowest BCUT2D eigenvalue weighted by atomic mass is 9.92. The fraction of sp³-hybridized carbons (Fsp3) is 0.471. The Hall–Kier alpha value is -1.07. The van der Waals surface area contributed by atoms with E-state index in [0.717, 1.165) is 24.2 Å². The van der Waals surface area contributed by atoms with E-state index in [4.69, 9.17) is 32.5 Å². The Morgan fingerprint density at radius 1 is 1.22 bits per heavy atom. The second-order valence-corrected chi connectivity index (χ2v) is 7.12. The maximum Gasteiger partial charge on any atom is 0.145 e. The Bertz CT molecular complexity index is 700. The zero-order valence-electron chi connectivity index (χ0n) is 12.5. The van der Waals surface area contributed by atoms with Crippen molar-refractivity contribution in [3.8, 4) is 11.3 Å². The molecule has 122 valence electrons. The van der Waals surface area contributed by atoms with Crippen LogP contribution in [0.15, 0.2) is 22.7 Å². The largest absolute Gasteiger partial charge is 0.393 e. The van der Waals surface area contributed by atoms with E-state index in [9.17, 15) is 5.11 Å². The van der Waals surface area contributed by atoms with Crippen molar-refractivity contribution in [1.82, 2.24) is 5.16 Å². The fourth-order valence-corrected chi connectivity index (χ4v) is 3.50. The molecule has 1 aromatic carbocycles. The standard InChI is InChI=1S/C17H17Cl2NO3/c18-13-2-1-3-14(19)15(13)16-12(8-22-11-6-10(21)7-11)17(23-20-16)9-4-5-9/h1-3,9-11,21H,4-8H2. The first-order valence-electron chi connectivity index (χ1n) is 7.86. The molecule has 6 heteroatoms. The topological polar surface area (TPSA) is 55.5 Å². The van der Waals surface area contributed by atoms with Crippen LogP contribution in [0.2, 0.25) is 10.0 Å². The van der Waals surface area contributed by atoms with Crippen LogP contribution >= 0.6 is 23.2 Å². The van der Waals surface area contributed by atoms with Crippen molar-refractivity contribution in [3.63, 3.8) is 0 Å². The van der Waals surface area contributed by atoms with Gasteiger partial charge in [-0.2, -0.15) is 0 Å². The molecule has 4 nitrogen and oxygen atoms in total. The summed E-state index contributed by atoms with van der Waals surface area (Å²) >= 11 is 12.6. The van der Waals surface area contributed by atoms with Crippen LogP contribution in [-0.2, 0) is 11.3 Å². The van der Waals surface area contributed by atoms with E-state index in [1.807, 2.05) is 6.07 Å². The molecule has 1 heterocycles. The van der Waals surface area contributed by atoms with Gasteiger partial charge < -0.3 is 14.4 Å². The van der Waals surface area contributed by atoms with E-state index in [2.05, 4.69) is 5.16 Å². The predicted octanol–water partition coefficient (Wildman–Crippen LogP) is 4.57. The maximum atomic E-state index is 9.39. The van der Waals surface area contributed by atoms with E-state index < -0.39 is 0 Å². The molecule has 2 aromatic rings. The number of hydrogen-bond acceptors (Lipinski definition) is 4. The summed E-state index contributed by atoms with van der Waals surface area (Å²) in [5.41, 5.74) is 2.30. The first-order chi connectivity index (χ1) is 11.1. The molecule has 0 atom stereocenters. The number of aliphatic hydroxyl groups excluding tert-OH is 1. The molecular formula is C17H17Cl2NO3. The lowest BCUT2D eigenvalue weighted by molar-refractivity contribution is -0.0779. The van der Waals surface area contributed by atoms with Gasteiger partial charge in [0.05, 0.1) is 28.9 Å². The molecule has 1 aromatic heterocycles. The summed E-state index contributed by atoms with van der Waals surface area (Å²) in [5.74, 6) is 1.30. The van der Waals surface area contributed by atoms with E-state index in [0.29, 0.717) is 46.7 Å². The molecule has 2 aliphatic carbocycles. The summed E-state index contributed by atoms with van der Waals surface area (Å²) in [6, 6.07) is 5.39. The Morgan fingerprint density at radius 2 is 1.91 bits per heavy atom. The highest BCUT2D eigenvalue weighted by atomic mass is 35.5. The Balaban J connectivity index is 1.66. The second-order valence-electron chi connectivity index (χ2n) is 6.30. The predicted molar refractivity (Wildman–Crippen MR) is 87.8 cm³/mol. The molecule has 1 N–H and O–H groups in total. The summed E-state index contributed by atoms with van der Waals surface area (Å²) in [7, 11) is 0. The van der Waals surface area contributed by atoms with Gasteiger partial charge in [0.25, 0.3) is 0 Å². The molecule has 2 aliphatic rings. The Labute approximate surface area is 144 Å². The number of aliphatic hydroxyl groups is 1. The number of halogens is 2. The normalized spacial score (nSPS) is 23.8. The number of benzene rings is 1. The SMILES string of the molecule is OC1CC(OCc2c(-c3c(Cl)cccc3Cl)noc2C2CC2)C1. The summed E-state index contributed by atoms with van der Waals surface area (Å²) in [6.07, 6.45) is 3.46. The molecule has 0 saturated heterocycles. The lowest BCUT2D eigenvalue weighted by Crippen LogP contribution is -2.35. The van der Waals surface area contributed by atoms with Gasteiger partial charge in [0.15, 0.2) is 0 Å². The van der Waals surface area contributed by atoms with Crippen molar-refractivity contribution >= 4 is 23.2 Å². The average Bonchev–Trinajstić information content (AvgIpc) is 3.24. The summed E-state index contributed by atoms with van der Waals surface area (Å²) in [6.45, 7) is 0.406. The van der Waals surface area contributed by atoms with Crippen LogP contribution in [0.3, 0.4) is 0 Å². The second kappa shape index (κ2) is 6.10. The number of nitrogens with zero attached hydrogens (tertiary/aromatic N) is 1. The molecule has 0 unspecified atom stereocenters. The Morgan fingerprint density at radius 3 is 2.52 bits per heavy atom. The van der Waals surface area contributed by atoms with Crippen molar-refractivity contribution < 1.29 is 14.4 Å². The number of ether oxygens (including phenoxy) is 1. The van der Waals surface area contributed by atoms with Crippen LogP contribution in [0.1, 0.15) is 42.9 Å². The van der Waals surface area contributed by atoms with Crippen LogP contribution in [-0.4, -0.2) is 22.5 Å².